The van der Waals surface area contributed by atoms with Crippen LogP contribution in [-0.4, -0.2) is 18.1 Å². The van der Waals surface area contributed by atoms with Crippen molar-refractivity contribution in [3.8, 4) is 0 Å². The summed E-state index contributed by atoms with van der Waals surface area (Å²) in [7, 11) is 0. The number of nitrogens with zero attached hydrogens (tertiary/aromatic N) is 1. The summed E-state index contributed by atoms with van der Waals surface area (Å²) in [6.07, 6.45) is 3.78. The van der Waals surface area contributed by atoms with E-state index in [2.05, 4.69) is 38.4 Å². The molecule has 0 radical (unpaired) electrons. The minimum atomic E-state index is 0.188. The minimum Gasteiger partial charge on any atom is -0.316 e. The molecule has 0 amide bonds. The van der Waals surface area contributed by atoms with E-state index in [1.165, 1.54) is 43.1 Å². The van der Waals surface area contributed by atoms with Crippen molar-refractivity contribution < 1.29 is 0 Å². The summed E-state index contributed by atoms with van der Waals surface area (Å²) < 4.78 is 0. The standard InChI is InChI=1S/C15H26N2S/c1-5-11-9-16-7-6-12(11)8-14-17-13(10-18-14)15(2,3)4/h10-12,16H,5-9H2,1-4H3. The lowest BCUT2D eigenvalue weighted by molar-refractivity contribution is 0.246. The van der Waals surface area contributed by atoms with Crippen LogP contribution < -0.4 is 5.32 Å². The summed E-state index contributed by atoms with van der Waals surface area (Å²) in [6.45, 7) is 11.4. The first kappa shape index (κ1) is 14.0. The third kappa shape index (κ3) is 3.33. The van der Waals surface area contributed by atoms with E-state index in [0.717, 1.165) is 11.8 Å². The van der Waals surface area contributed by atoms with Gasteiger partial charge in [0.1, 0.15) is 0 Å². The van der Waals surface area contributed by atoms with Crippen molar-refractivity contribution in [3.63, 3.8) is 0 Å². The minimum absolute atomic E-state index is 0.188. The lowest BCUT2D eigenvalue weighted by atomic mass is 9.82. The van der Waals surface area contributed by atoms with Gasteiger partial charge >= 0.3 is 0 Å². The van der Waals surface area contributed by atoms with E-state index in [1.54, 1.807) is 0 Å². The van der Waals surface area contributed by atoms with E-state index in [4.69, 9.17) is 4.98 Å². The van der Waals surface area contributed by atoms with Crippen LogP contribution in [0, 0.1) is 11.8 Å². The van der Waals surface area contributed by atoms with E-state index in [-0.39, 0.29) is 5.41 Å². The van der Waals surface area contributed by atoms with Crippen molar-refractivity contribution in [1.82, 2.24) is 10.3 Å². The summed E-state index contributed by atoms with van der Waals surface area (Å²) in [6, 6.07) is 0. The molecule has 1 N–H and O–H groups in total. The lowest BCUT2D eigenvalue weighted by Crippen LogP contribution is -2.37. The van der Waals surface area contributed by atoms with Gasteiger partial charge in [0.05, 0.1) is 10.7 Å². The zero-order valence-electron chi connectivity index (χ0n) is 12.1. The fourth-order valence-electron chi connectivity index (χ4n) is 2.70. The monoisotopic (exact) mass is 266 g/mol. The van der Waals surface area contributed by atoms with Crippen molar-refractivity contribution in [2.75, 3.05) is 13.1 Å². The molecular formula is C15H26N2S. The van der Waals surface area contributed by atoms with Gasteiger partial charge in [-0.3, -0.25) is 0 Å². The van der Waals surface area contributed by atoms with Crippen LogP contribution in [0.1, 0.15) is 51.2 Å². The molecule has 0 aromatic carbocycles. The van der Waals surface area contributed by atoms with Gasteiger partial charge in [0.25, 0.3) is 0 Å². The van der Waals surface area contributed by atoms with E-state index in [9.17, 15) is 0 Å². The summed E-state index contributed by atoms with van der Waals surface area (Å²) in [5, 5.41) is 7.10. The molecule has 2 rings (SSSR count). The molecule has 0 aliphatic carbocycles. The quantitative estimate of drug-likeness (QED) is 0.904. The number of nitrogens with one attached hydrogen (secondary N) is 1. The molecule has 18 heavy (non-hydrogen) atoms. The summed E-state index contributed by atoms with van der Waals surface area (Å²) in [5.41, 5.74) is 1.44. The predicted molar refractivity (Wildman–Crippen MR) is 79.3 cm³/mol. The van der Waals surface area contributed by atoms with Gasteiger partial charge in [-0.1, -0.05) is 34.1 Å². The first-order valence-corrected chi connectivity index (χ1v) is 8.04. The Morgan fingerprint density at radius 3 is 2.78 bits per heavy atom. The number of piperidine rings is 1. The van der Waals surface area contributed by atoms with Crippen LogP contribution in [0.4, 0.5) is 0 Å². The van der Waals surface area contributed by atoms with Crippen LogP contribution in [0.5, 0.6) is 0 Å². The summed E-state index contributed by atoms with van der Waals surface area (Å²) in [4.78, 5) is 4.84. The highest BCUT2D eigenvalue weighted by molar-refractivity contribution is 7.09. The summed E-state index contributed by atoms with van der Waals surface area (Å²) in [5.74, 6) is 1.66. The molecule has 1 fully saturated rings. The van der Waals surface area contributed by atoms with Gasteiger partial charge in [-0.25, -0.2) is 4.98 Å². The SMILES string of the molecule is CCC1CNCCC1Cc1nc(C(C)(C)C)cs1. The predicted octanol–water partition coefficient (Wildman–Crippen LogP) is 3.62. The molecular weight excluding hydrogens is 240 g/mol. The maximum atomic E-state index is 4.84. The molecule has 1 saturated heterocycles. The highest BCUT2D eigenvalue weighted by atomic mass is 32.1. The van der Waals surface area contributed by atoms with Crippen molar-refractivity contribution in [3.05, 3.63) is 16.1 Å². The van der Waals surface area contributed by atoms with Gasteiger partial charge in [-0.2, -0.15) is 0 Å². The topological polar surface area (TPSA) is 24.9 Å². The highest BCUT2D eigenvalue weighted by Crippen LogP contribution is 2.29. The largest absolute Gasteiger partial charge is 0.316 e. The van der Waals surface area contributed by atoms with E-state index < -0.39 is 0 Å². The van der Waals surface area contributed by atoms with Crippen LogP contribution in [0.2, 0.25) is 0 Å². The van der Waals surface area contributed by atoms with E-state index in [1.807, 2.05) is 11.3 Å². The van der Waals surface area contributed by atoms with Gasteiger partial charge in [0.15, 0.2) is 0 Å². The molecule has 0 bridgehead atoms. The molecule has 1 aliphatic rings. The number of hydrogen-bond donors (Lipinski definition) is 1. The van der Waals surface area contributed by atoms with Crippen LogP contribution >= 0.6 is 11.3 Å². The Morgan fingerprint density at radius 1 is 1.39 bits per heavy atom. The Balaban J connectivity index is 2.02. The molecule has 1 aliphatic heterocycles. The smallest absolute Gasteiger partial charge is 0.0931 e. The van der Waals surface area contributed by atoms with E-state index >= 15 is 0 Å². The lowest BCUT2D eigenvalue weighted by Gasteiger charge is -2.31. The second-order valence-electron chi connectivity index (χ2n) is 6.50. The first-order valence-electron chi connectivity index (χ1n) is 7.16. The van der Waals surface area contributed by atoms with Crippen molar-refractivity contribution in [1.29, 1.82) is 0 Å². The Bertz CT molecular complexity index is 378. The van der Waals surface area contributed by atoms with Crippen LogP contribution in [0.3, 0.4) is 0 Å². The Morgan fingerprint density at radius 2 is 2.17 bits per heavy atom. The van der Waals surface area contributed by atoms with Gasteiger partial charge in [0.2, 0.25) is 0 Å². The van der Waals surface area contributed by atoms with Crippen LogP contribution in [0.15, 0.2) is 5.38 Å². The third-order valence-corrected chi connectivity index (χ3v) is 4.92. The molecule has 2 atom stereocenters. The van der Waals surface area contributed by atoms with E-state index in [0.29, 0.717) is 0 Å². The van der Waals surface area contributed by atoms with Gasteiger partial charge in [-0.05, 0) is 31.3 Å². The van der Waals surface area contributed by atoms with Crippen molar-refractivity contribution in [2.45, 2.75) is 52.4 Å². The maximum Gasteiger partial charge on any atom is 0.0931 e. The number of thiazole rings is 1. The average Bonchev–Trinajstić information content (AvgIpc) is 2.78. The van der Waals surface area contributed by atoms with Crippen molar-refractivity contribution >= 4 is 11.3 Å². The van der Waals surface area contributed by atoms with Crippen molar-refractivity contribution in [2.24, 2.45) is 11.8 Å². The number of hydrogen-bond acceptors (Lipinski definition) is 3. The normalized spacial score (nSPS) is 25.3. The second kappa shape index (κ2) is 5.70. The Hall–Kier alpha value is -0.410. The average molecular weight is 266 g/mol. The van der Waals surface area contributed by atoms with Gasteiger partial charge in [-0.15, -0.1) is 11.3 Å². The molecule has 1 aromatic heterocycles. The molecule has 1 aromatic rings. The molecule has 3 heteroatoms. The van der Waals surface area contributed by atoms with Crippen LogP contribution in [-0.2, 0) is 11.8 Å². The fourth-order valence-corrected chi connectivity index (χ4v) is 3.81. The summed E-state index contributed by atoms with van der Waals surface area (Å²) >= 11 is 1.85. The van der Waals surface area contributed by atoms with Crippen LogP contribution in [0.25, 0.3) is 0 Å². The molecule has 0 saturated carbocycles. The number of rotatable bonds is 3. The molecule has 0 spiro atoms. The third-order valence-electron chi connectivity index (χ3n) is 4.05. The van der Waals surface area contributed by atoms with Gasteiger partial charge in [0, 0.05) is 17.2 Å². The molecule has 2 heterocycles. The fraction of sp³-hybridized carbons (Fsp3) is 0.800. The highest BCUT2D eigenvalue weighted by Gasteiger charge is 2.25. The zero-order chi connectivity index (χ0) is 13.2. The molecule has 102 valence electrons. The second-order valence-corrected chi connectivity index (χ2v) is 7.44. The Kier molecular flexibility index (Phi) is 4.44. The molecule has 2 nitrogen and oxygen atoms in total. The first-order chi connectivity index (χ1) is 8.50. The Labute approximate surface area is 115 Å². The zero-order valence-corrected chi connectivity index (χ0v) is 12.9. The number of aromatic nitrogens is 1. The van der Waals surface area contributed by atoms with Gasteiger partial charge < -0.3 is 5.32 Å². The molecule has 2 unspecified atom stereocenters. The maximum absolute atomic E-state index is 4.84.